The van der Waals surface area contributed by atoms with Crippen LogP contribution in [-0.2, 0) is 0 Å². The Labute approximate surface area is 98.9 Å². The van der Waals surface area contributed by atoms with Gasteiger partial charge in [-0.1, -0.05) is 6.07 Å². The van der Waals surface area contributed by atoms with Gasteiger partial charge >= 0.3 is 5.69 Å². The van der Waals surface area contributed by atoms with Crippen molar-refractivity contribution in [2.24, 2.45) is 0 Å². The van der Waals surface area contributed by atoms with Crippen LogP contribution in [0.1, 0.15) is 6.42 Å². The van der Waals surface area contributed by atoms with Crippen molar-refractivity contribution >= 4 is 5.69 Å². The molecule has 0 saturated carbocycles. The molecule has 0 atom stereocenters. The summed E-state index contributed by atoms with van der Waals surface area (Å²) in [5, 5.41) is 10.7. The zero-order valence-corrected chi connectivity index (χ0v) is 9.85. The highest BCUT2D eigenvalue weighted by molar-refractivity contribution is 5.47. The van der Waals surface area contributed by atoms with Crippen LogP contribution < -0.4 is 4.74 Å². The molecular weight excluding hydrogens is 227 g/mol. The first-order valence-corrected chi connectivity index (χ1v) is 5.23. The molecule has 0 bridgehead atoms. The van der Waals surface area contributed by atoms with Crippen LogP contribution in [0, 0.1) is 15.9 Å². The molecular formula is C11H15FN2O3. The van der Waals surface area contributed by atoms with Crippen LogP contribution in [-0.4, -0.2) is 37.1 Å². The molecule has 0 heterocycles. The number of nitrogens with zero attached hydrogens (tertiary/aromatic N) is 2. The highest BCUT2D eigenvalue weighted by Crippen LogP contribution is 2.29. The number of halogens is 1. The van der Waals surface area contributed by atoms with Gasteiger partial charge in [0.2, 0.25) is 5.82 Å². The van der Waals surface area contributed by atoms with Crippen molar-refractivity contribution in [1.82, 2.24) is 4.90 Å². The maximum atomic E-state index is 13.2. The van der Waals surface area contributed by atoms with Crippen LogP contribution in [0.2, 0.25) is 0 Å². The number of hydrogen-bond donors (Lipinski definition) is 0. The Morgan fingerprint density at radius 1 is 1.47 bits per heavy atom. The average molecular weight is 242 g/mol. The summed E-state index contributed by atoms with van der Waals surface area (Å²) >= 11 is 0. The second-order valence-electron chi connectivity index (χ2n) is 3.85. The molecule has 0 saturated heterocycles. The summed E-state index contributed by atoms with van der Waals surface area (Å²) in [5.74, 6) is -0.895. The molecule has 6 heteroatoms. The van der Waals surface area contributed by atoms with Crippen LogP contribution in [0.4, 0.5) is 10.1 Å². The minimum absolute atomic E-state index is 0.0197. The smallest absolute Gasteiger partial charge is 0.346 e. The lowest BCUT2D eigenvalue weighted by molar-refractivity contribution is -0.388. The Morgan fingerprint density at radius 2 is 2.18 bits per heavy atom. The van der Waals surface area contributed by atoms with Crippen LogP contribution in [0.25, 0.3) is 0 Å². The Balaban J connectivity index is 2.64. The van der Waals surface area contributed by atoms with Crippen molar-refractivity contribution in [3.05, 3.63) is 34.1 Å². The largest absolute Gasteiger partial charge is 0.487 e. The lowest BCUT2D eigenvalue weighted by atomic mass is 10.3. The average Bonchev–Trinajstić information content (AvgIpc) is 2.23. The number of ether oxygens (including phenoxy) is 1. The standard InChI is InChI=1S/C11H15FN2O3/c1-13(2)7-4-8-17-10-6-3-5-9(12)11(10)14(15)16/h3,5-6H,4,7-8H2,1-2H3. The fraction of sp³-hybridized carbons (Fsp3) is 0.455. The lowest BCUT2D eigenvalue weighted by Gasteiger charge is -2.10. The van der Waals surface area contributed by atoms with Crippen molar-refractivity contribution in [1.29, 1.82) is 0 Å². The molecule has 0 aromatic heterocycles. The Bertz CT molecular complexity index is 396. The molecule has 0 N–H and O–H groups in total. The predicted octanol–water partition coefficient (Wildman–Crippen LogP) is 2.06. The van der Waals surface area contributed by atoms with Gasteiger partial charge in [0.25, 0.3) is 0 Å². The number of nitro groups is 1. The second kappa shape index (κ2) is 6.15. The molecule has 0 aliphatic rings. The van der Waals surface area contributed by atoms with E-state index in [9.17, 15) is 14.5 Å². The summed E-state index contributed by atoms with van der Waals surface area (Å²) in [5.41, 5.74) is -0.600. The predicted molar refractivity (Wildman–Crippen MR) is 61.7 cm³/mol. The molecule has 0 aliphatic carbocycles. The van der Waals surface area contributed by atoms with Gasteiger partial charge in [0.15, 0.2) is 5.75 Å². The normalized spacial score (nSPS) is 10.6. The first-order chi connectivity index (χ1) is 8.02. The SMILES string of the molecule is CN(C)CCCOc1cccc(F)c1[N+](=O)[O-]. The van der Waals surface area contributed by atoms with E-state index >= 15 is 0 Å². The summed E-state index contributed by atoms with van der Waals surface area (Å²) in [6, 6.07) is 3.84. The summed E-state index contributed by atoms with van der Waals surface area (Å²) in [4.78, 5) is 11.9. The quantitative estimate of drug-likeness (QED) is 0.435. The molecule has 94 valence electrons. The molecule has 1 aromatic carbocycles. The van der Waals surface area contributed by atoms with Crippen LogP contribution >= 0.6 is 0 Å². The minimum atomic E-state index is -0.875. The first-order valence-electron chi connectivity index (χ1n) is 5.23. The molecule has 0 spiro atoms. The van der Waals surface area contributed by atoms with Gasteiger partial charge in [-0.25, -0.2) is 0 Å². The number of rotatable bonds is 6. The van der Waals surface area contributed by atoms with E-state index in [0.717, 1.165) is 19.0 Å². The molecule has 17 heavy (non-hydrogen) atoms. The summed E-state index contributed by atoms with van der Waals surface area (Å²) in [6.07, 6.45) is 0.723. The Morgan fingerprint density at radius 3 is 2.76 bits per heavy atom. The molecule has 0 aliphatic heterocycles. The summed E-state index contributed by atoms with van der Waals surface area (Å²) in [7, 11) is 3.84. The second-order valence-corrected chi connectivity index (χ2v) is 3.85. The van der Waals surface area contributed by atoms with Crippen LogP contribution in [0.15, 0.2) is 18.2 Å². The van der Waals surface area contributed by atoms with E-state index in [1.807, 2.05) is 19.0 Å². The third-order valence-electron chi connectivity index (χ3n) is 2.14. The molecule has 5 nitrogen and oxygen atoms in total. The van der Waals surface area contributed by atoms with Crippen LogP contribution in [0.3, 0.4) is 0 Å². The van der Waals surface area contributed by atoms with Gasteiger partial charge in [-0.3, -0.25) is 10.1 Å². The molecule has 0 unspecified atom stereocenters. The first kappa shape index (κ1) is 13.4. The molecule has 1 aromatic rings. The number of hydrogen-bond acceptors (Lipinski definition) is 4. The van der Waals surface area contributed by atoms with Gasteiger partial charge in [-0.05, 0) is 32.6 Å². The van der Waals surface area contributed by atoms with Crippen molar-refractivity contribution in [3.8, 4) is 5.75 Å². The van der Waals surface area contributed by atoms with E-state index in [1.165, 1.54) is 12.1 Å². The van der Waals surface area contributed by atoms with Crippen LogP contribution in [0.5, 0.6) is 5.75 Å². The Kier molecular flexibility index (Phi) is 4.84. The molecule has 1 rings (SSSR count). The fourth-order valence-electron chi connectivity index (χ4n) is 1.35. The third-order valence-corrected chi connectivity index (χ3v) is 2.14. The van der Waals surface area contributed by atoms with Gasteiger partial charge in [0.1, 0.15) is 0 Å². The fourth-order valence-corrected chi connectivity index (χ4v) is 1.35. The van der Waals surface area contributed by atoms with E-state index < -0.39 is 16.4 Å². The maximum absolute atomic E-state index is 13.2. The number of nitro benzene ring substituents is 1. The van der Waals surface area contributed by atoms with Gasteiger partial charge in [-0.2, -0.15) is 4.39 Å². The molecule has 0 fully saturated rings. The minimum Gasteiger partial charge on any atom is -0.487 e. The highest BCUT2D eigenvalue weighted by Gasteiger charge is 2.20. The molecule has 0 radical (unpaired) electrons. The molecule has 0 amide bonds. The van der Waals surface area contributed by atoms with Gasteiger partial charge in [0.05, 0.1) is 11.5 Å². The third kappa shape index (κ3) is 3.99. The van der Waals surface area contributed by atoms with E-state index in [4.69, 9.17) is 4.74 Å². The van der Waals surface area contributed by atoms with Crippen molar-refractivity contribution in [3.63, 3.8) is 0 Å². The summed E-state index contributed by atoms with van der Waals surface area (Å²) < 4.78 is 18.4. The van der Waals surface area contributed by atoms with Gasteiger partial charge in [-0.15, -0.1) is 0 Å². The van der Waals surface area contributed by atoms with E-state index in [1.54, 1.807) is 0 Å². The van der Waals surface area contributed by atoms with Crippen molar-refractivity contribution in [2.45, 2.75) is 6.42 Å². The van der Waals surface area contributed by atoms with Crippen molar-refractivity contribution < 1.29 is 14.1 Å². The zero-order valence-electron chi connectivity index (χ0n) is 9.85. The lowest BCUT2D eigenvalue weighted by Crippen LogP contribution is -2.15. The summed E-state index contributed by atoms with van der Waals surface area (Å²) in [6.45, 7) is 1.13. The van der Waals surface area contributed by atoms with E-state index in [0.29, 0.717) is 6.61 Å². The van der Waals surface area contributed by atoms with E-state index in [2.05, 4.69) is 0 Å². The Hall–Kier alpha value is -1.69. The highest BCUT2D eigenvalue weighted by atomic mass is 19.1. The zero-order chi connectivity index (χ0) is 12.8. The van der Waals surface area contributed by atoms with E-state index in [-0.39, 0.29) is 5.75 Å². The van der Waals surface area contributed by atoms with Gasteiger partial charge < -0.3 is 9.64 Å². The number of benzene rings is 1. The van der Waals surface area contributed by atoms with Gasteiger partial charge in [0, 0.05) is 6.54 Å². The van der Waals surface area contributed by atoms with Crippen molar-refractivity contribution in [2.75, 3.05) is 27.2 Å². The topological polar surface area (TPSA) is 55.6 Å². The monoisotopic (exact) mass is 242 g/mol. The maximum Gasteiger partial charge on any atom is 0.346 e. The number of para-hydroxylation sites is 1.